The van der Waals surface area contributed by atoms with Gasteiger partial charge in [-0.25, -0.2) is 0 Å². The highest BCUT2D eigenvalue weighted by atomic mass is 35.5. The third kappa shape index (κ3) is 2.25. The Morgan fingerprint density at radius 3 is 2.88 bits per heavy atom. The topological polar surface area (TPSA) is 61.9 Å². The van der Waals surface area contributed by atoms with Crippen molar-refractivity contribution in [2.45, 2.75) is 6.42 Å². The minimum atomic E-state index is 0. The minimum Gasteiger partial charge on any atom is -0.383 e. The highest BCUT2D eigenvalue weighted by molar-refractivity contribution is 7.15. The number of halogens is 1. The molecule has 1 aliphatic carbocycles. The molecule has 0 radical (unpaired) electrons. The second-order valence-electron chi connectivity index (χ2n) is 4.56. The number of amidine groups is 1. The predicted molar refractivity (Wildman–Crippen MR) is 75.0 cm³/mol. The van der Waals surface area contributed by atoms with Gasteiger partial charge in [0.05, 0.1) is 4.88 Å². The number of hydrogen-bond acceptors (Lipinski definition) is 3. The monoisotopic (exact) mass is 269 g/mol. The first-order valence-corrected chi connectivity index (χ1v) is 6.41. The summed E-state index contributed by atoms with van der Waals surface area (Å²) < 4.78 is 0. The second kappa shape index (κ2) is 4.80. The lowest BCUT2D eigenvalue weighted by Gasteiger charge is -2.04. The molecular weight excluding hydrogens is 254 g/mol. The molecule has 2 heterocycles. The van der Waals surface area contributed by atoms with Gasteiger partial charge in [-0.2, -0.15) is 0 Å². The van der Waals surface area contributed by atoms with Gasteiger partial charge < -0.3 is 11.1 Å². The maximum Gasteiger partial charge on any atom is 0.133 e. The molecule has 1 saturated heterocycles. The number of thiophene rings is 1. The molecule has 2 atom stereocenters. The first kappa shape index (κ1) is 12.6. The van der Waals surface area contributed by atoms with Gasteiger partial charge in [-0.05, 0) is 42.5 Å². The summed E-state index contributed by atoms with van der Waals surface area (Å²) in [5.74, 6) is 1.69. The molecule has 2 aliphatic rings. The van der Waals surface area contributed by atoms with Crippen LogP contribution < -0.4 is 11.1 Å². The van der Waals surface area contributed by atoms with Crippen molar-refractivity contribution < 1.29 is 0 Å². The van der Waals surface area contributed by atoms with Gasteiger partial charge in [0.15, 0.2) is 0 Å². The number of rotatable bonds is 2. The van der Waals surface area contributed by atoms with E-state index in [-0.39, 0.29) is 18.2 Å². The Balaban J connectivity index is 0.00000108. The zero-order valence-electron chi connectivity index (χ0n) is 9.40. The van der Waals surface area contributed by atoms with Crippen LogP contribution in [0.25, 0.3) is 5.57 Å². The highest BCUT2D eigenvalue weighted by Crippen LogP contribution is 2.40. The third-order valence-electron chi connectivity index (χ3n) is 3.48. The SMILES string of the molecule is Cl.N=C(N)c1ccc(C2=C[C@@H]3CNC[C@@H]3C2)s1. The summed E-state index contributed by atoms with van der Waals surface area (Å²) in [7, 11) is 0. The Labute approximate surface area is 111 Å². The van der Waals surface area contributed by atoms with E-state index < -0.39 is 0 Å². The van der Waals surface area contributed by atoms with Crippen molar-refractivity contribution in [1.82, 2.24) is 5.32 Å². The number of allylic oxidation sites excluding steroid dienone is 1. The van der Waals surface area contributed by atoms with Crippen LogP contribution in [0.15, 0.2) is 18.2 Å². The summed E-state index contributed by atoms with van der Waals surface area (Å²) in [6.07, 6.45) is 3.58. The fourth-order valence-electron chi connectivity index (χ4n) is 2.62. The number of nitrogen functional groups attached to an aromatic ring is 1. The van der Waals surface area contributed by atoms with Crippen molar-refractivity contribution >= 4 is 35.2 Å². The van der Waals surface area contributed by atoms with Crippen LogP contribution in [0.2, 0.25) is 0 Å². The average Bonchev–Trinajstić information content (AvgIpc) is 2.91. The standard InChI is InChI=1S/C12H15N3S.ClH/c13-12(14)11-2-1-10(16-11)7-3-8-5-15-6-9(8)4-7;/h1-3,8-9,15H,4-6H2,(H3,13,14);1H/t8-,9+;/m1./s1. The van der Waals surface area contributed by atoms with Gasteiger partial charge in [-0.15, -0.1) is 23.7 Å². The Morgan fingerprint density at radius 2 is 2.24 bits per heavy atom. The van der Waals surface area contributed by atoms with E-state index in [1.165, 1.54) is 16.9 Å². The van der Waals surface area contributed by atoms with Crippen LogP contribution in [0.3, 0.4) is 0 Å². The Hall–Kier alpha value is -0.840. The molecule has 1 aromatic heterocycles. The van der Waals surface area contributed by atoms with Crippen molar-refractivity contribution in [2.75, 3.05) is 13.1 Å². The van der Waals surface area contributed by atoms with E-state index in [1.54, 1.807) is 11.3 Å². The largest absolute Gasteiger partial charge is 0.383 e. The molecule has 0 spiro atoms. The van der Waals surface area contributed by atoms with E-state index in [2.05, 4.69) is 17.5 Å². The van der Waals surface area contributed by atoms with Crippen LogP contribution in [0.5, 0.6) is 0 Å². The molecule has 1 aromatic rings. The fourth-order valence-corrected chi connectivity index (χ4v) is 3.52. The molecule has 0 saturated carbocycles. The van der Waals surface area contributed by atoms with E-state index >= 15 is 0 Å². The van der Waals surface area contributed by atoms with E-state index in [4.69, 9.17) is 11.1 Å². The van der Waals surface area contributed by atoms with Crippen LogP contribution in [0, 0.1) is 17.2 Å². The summed E-state index contributed by atoms with van der Waals surface area (Å²) in [6.45, 7) is 2.27. The molecule has 0 bridgehead atoms. The van der Waals surface area contributed by atoms with Crippen LogP contribution >= 0.6 is 23.7 Å². The zero-order chi connectivity index (χ0) is 11.1. The van der Waals surface area contributed by atoms with Crippen molar-refractivity contribution in [3.8, 4) is 0 Å². The smallest absolute Gasteiger partial charge is 0.133 e. The Bertz CT molecular complexity index is 466. The molecule has 17 heavy (non-hydrogen) atoms. The zero-order valence-corrected chi connectivity index (χ0v) is 11.0. The quantitative estimate of drug-likeness (QED) is 0.569. The van der Waals surface area contributed by atoms with Crippen LogP contribution in [0.1, 0.15) is 16.2 Å². The fraction of sp³-hybridized carbons (Fsp3) is 0.417. The third-order valence-corrected chi connectivity index (χ3v) is 4.67. The van der Waals surface area contributed by atoms with E-state index in [1.807, 2.05) is 6.07 Å². The second-order valence-corrected chi connectivity index (χ2v) is 5.64. The average molecular weight is 270 g/mol. The van der Waals surface area contributed by atoms with Gasteiger partial charge in [-0.1, -0.05) is 6.08 Å². The van der Waals surface area contributed by atoms with Gasteiger partial charge in [-0.3, -0.25) is 5.41 Å². The summed E-state index contributed by atoms with van der Waals surface area (Å²) in [5.41, 5.74) is 6.93. The predicted octanol–water partition coefficient (Wildman–Crippen LogP) is 2.08. The molecule has 3 rings (SSSR count). The Kier molecular flexibility index (Phi) is 3.56. The molecular formula is C12H16ClN3S. The lowest BCUT2D eigenvalue weighted by molar-refractivity contribution is 0.536. The van der Waals surface area contributed by atoms with Crippen LogP contribution in [0.4, 0.5) is 0 Å². The normalized spacial score (nSPS) is 26.2. The molecule has 0 aromatic carbocycles. The number of fused-ring (bicyclic) bond motifs is 1. The van der Waals surface area contributed by atoms with Crippen molar-refractivity contribution in [1.29, 1.82) is 5.41 Å². The maximum absolute atomic E-state index is 7.40. The van der Waals surface area contributed by atoms with Crippen molar-refractivity contribution in [3.63, 3.8) is 0 Å². The van der Waals surface area contributed by atoms with Gasteiger partial charge in [0, 0.05) is 11.4 Å². The van der Waals surface area contributed by atoms with Crippen LogP contribution in [-0.4, -0.2) is 18.9 Å². The summed E-state index contributed by atoms with van der Waals surface area (Å²) in [5, 5.41) is 10.8. The van der Waals surface area contributed by atoms with Gasteiger partial charge in [0.2, 0.25) is 0 Å². The van der Waals surface area contributed by atoms with Crippen molar-refractivity contribution in [3.05, 3.63) is 28.0 Å². The lowest BCUT2D eigenvalue weighted by Crippen LogP contribution is -2.09. The van der Waals surface area contributed by atoms with E-state index in [9.17, 15) is 0 Å². The van der Waals surface area contributed by atoms with Gasteiger partial charge in [0.25, 0.3) is 0 Å². The number of nitrogens with two attached hydrogens (primary N) is 1. The summed E-state index contributed by atoms with van der Waals surface area (Å²) in [6, 6.07) is 4.05. The summed E-state index contributed by atoms with van der Waals surface area (Å²) in [4.78, 5) is 2.17. The maximum atomic E-state index is 7.40. The molecule has 0 amide bonds. The van der Waals surface area contributed by atoms with E-state index in [0.717, 1.165) is 29.8 Å². The Morgan fingerprint density at radius 1 is 1.41 bits per heavy atom. The molecule has 1 fully saturated rings. The molecule has 5 heteroatoms. The minimum absolute atomic E-state index is 0. The van der Waals surface area contributed by atoms with Gasteiger partial charge >= 0.3 is 0 Å². The molecule has 0 unspecified atom stereocenters. The molecule has 1 aliphatic heterocycles. The molecule has 92 valence electrons. The van der Waals surface area contributed by atoms with Gasteiger partial charge in [0.1, 0.15) is 5.84 Å². The highest BCUT2D eigenvalue weighted by Gasteiger charge is 2.32. The first-order valence-electron chi connectivity index (χ1n) is 5.60. The van der Waals surface area contributed by atoms with Crippen LogP contribution in [-0.2, 0) is 0 Å². The van der Waals surface area contributed by atoms with E-state index in [0.29, 0.717) is 0 Å². The molecule has 4 N–H and O–H groups in total. The number of nitrogens with one attached hydrogen (secondary N) is 2. The first-order chi connectivity index (χ1) is 7.74. The molecule has 3 nitrogen and oxygen atoms in total. The lowest BCUT2D eigenvalue weighted by atomic mass is 10.00. The van der Waals surface area contributed by atoms with Crippen molar-refractivity contribution in [2.24, 2.45) is 17.6 Å². The number of hydrogen-bond donors (Lipinski definition) is 3. The summed E-state index contributed by atoms with van der Waals surface area (Å²) >= 11 is 1.64.